The maximum Gasteiger partial charge on any atom is 0.306 e. The van der Waals surface area contributed by atoms with Crippen LogP contribution in [0.25, 0.3) is 0 Å². The van der Waals surface area contributed by atoms with E-state index < -0.39 is 5.97 Å². The number of aliphatic carboxylic acids is 1. The highest BCUT2D eigenvalue weighted by Crippen LogP contribution is 2.18. The SMILES string of the molecule is COc1cc(C(=O)NCCCC(C)C(=O)O)ccc1C. The van der Waals surface area contributed by atoms with Crippen molar-refractivity contribution in [2.75, 3.05) is 13.7 Å². The summed E-state index contributed by atoms with van der Waals surface area (Å²) in [6.45, 7) is 4.04. The molecule has 1 aromatic rings. The molecule has 0 spiro atoms. The maximum absolute atomic E-state index is 11.9. The molecule has 0 saturated heterocycles. The largest absolute Gasteiger partial charge is 0.496 e. The zero-order chi connectivity index (χ0) is 15.1. The predicted octanol–water partition coefficient (Wildman–Crippen LogP) is 2.23. The van der Waals surface area contributed by atoms with Crippen molar-refractivity contribution in [2.24, 2.45) is 5.92 Å². The minimum Gasteiger partial charge on any atom is -0.496 e. The van der Waals surface area contributed by atoms with Crippen LogP contribution in [0.3, 0.4) is 0 Å². The number of carboxylic acids is 1. The Bertz CT molecular complexity index is 485. The second-order valence-electron chi connectivity index (χ2n) is 4.82. The Labute approximate surface area is 118 Å². The van der Waals surface area contributed by atoms with Crippen LogP contribution in [0.2, 0.25) is 0 Å². The molecule has 1 rings (SSSR count). The molecule has 5 heteroatoms. The van der Waals surface area contributed by atoms with Crippen molar-refractivity contribution in [3.8, 4) is 5.75 Å². The van der Waals surface area contributed by atoms with Crippen LogP contribution < -0.4 is 10.1 Å². The highest BCUT2D eigenvalue weighted by atomic mass is 16.5. The van der Waals surface area contributed by atoms with Crippen molar-refractivity contribution >= 4 is 11.9 Å². The summed E-state index contributed by atoms with van der Waals surface area (Å²) >= 11 is 0. The first-order valence-electron chi connectivity index (χ1n) is 6.61. The second kappa shape index (κ2) is 7.53. The number of methoxy groups -OCH3 is 1. The Hall–Kier alpha value is -2.04. The number of hydrogen-bond acceptors (Lipinski definition) is 3. The van der Waals surface area contributed by atoms with E-state index in [1.54, 1.807) is 26.2 Å². The summed E-state index contributed by atoms with van der Waals surface area (Å²) in [4.78, 5) is 22.6. The molecule has 1 atom stereocenters. The van der Waals surface area contributed by atoms with Gasteiger partial charge < -0.3 is 15.2 Å². The van der Waals surface area contributed by atoms with Gasteiger partial charge in [-0.15, -0.1) is 0 Å². The predicted molar refractivity (Wildman–Crippen MR) is 76.1 cm³/mol. The molecule has 1 amide bonds. The Kier molecular flexibility index (Phi) is 6.03. The normalized spacial score (nSPS) is 11.8. The van der Waals surface area contributed by atoms with Crippen LogP contribution in [-0.2, 0) is 4.79 Å². The zero-order valence-corrected chi connectivity index (χ0v) is 12.1. The lowest BCUT2D eigenvalue weighted by Crippen LogP contribution is -2.25. The molecule has 0 bridgehead atoms. The van der Waals surface area contributed by atoms with Gasteiger partial charge in [-0.05, 0) is 37.5 Å². The van der Waals surface area contributed by atoms with Gasteiger partial charge in [0.2, 0.25) is 0 Å². The maximum atomic E-state index is 11.9. The number of nitrogens with one attached hydrogen (secondary N) is 1. The van der Waals surface area contributed by atoms with E-state index in [9.17, 15) is 9.59 Å². The van der Waals surface area contributed by atoms with Gasteiger partial charge in [0.1, 0.15) is 5.75 Å². The summed E-state index contributed by atoms with van der Waals surface area (Å²) in [6, 6.07) is 5.28. The zero-order valence-electron chi connectivity index (χ0n) is 12.1. The third-order valence-electron chi connectivity index (χ3n) is 3.19. The van der Waals surface area contributed by atoms with E-state index in [0.29, 0.717) is 30.7 Å². The fourth-order valence-electron chi connectivity index (χ4n) is 1.80. The van der Waals surface area contributed by atoms with Gasteiger partial charge in [0, 0.05) is 12.1 Å². The first-order valence-corrected chi connectivity index (χ1v) is 6.61. The molecule has 20 heavy (non-hydrogen) atoms. The van der Waals surface area contributed by atoms with E-state index in [2.05, 4.69) is 5.32 Å². The molecule has 0 aliphatic heterocycles. The van der Waals surface area contributed by atoms with Gasteiger partial charge in [-0.2, -0.15) is 0 Å². The molecule has 0 heterocycles. The average Bonchev–Trinajstić information content (AvgIpc) is 2.43. The molecule has 0 fully saturated rings. The minimum atomic E-state index is -0.806. The van der Waals surface area contributed by atoms with Crippen LogP contribution in [0.5, 0.6) is 5.75 Å². The van der Waals surface area contributed by atoms with Crippen molar-refractivity contribution in [3.63, 3.8) is 0 Å². The first-order chi connectivity index (χ1) is 9.45. The van der Waals surface area contributed by atoms with E-state index >= 15 is 0 Å². The van der Waals surface area contributed by atoms with E-state index in [1.165, 1.54) is 0 Å². The summed E-state index contributed by atoms with van der Waals surface area (Å²) in [5, 5.41) is 11.5. The molecule has 1 aromatic carbocycles. The Morgan fingerprint density at radius 1 is 1.40 bits per heavy atom. The van der Waals surface area contributed by atoms with E-state index in [-0.39, 0.29) is 11.8 Å². The van der Waals surface area contributed by atoms with Crippen molar-refractivity contribution in [1.29, 1.82) is 0 Å². The van der Waals surface area contributed by atoms with Gasteiger partial charge in [-0.1, -0.05) is 13.0 Å². The van der Waals surface area contributed by atoms with Crippen LogP contribution in [-0.4, -0.2) is 30.6 Å². The van der Waals surface area contributed by atoms with Gasteiger partial charge in [-0.25, -0.2) is 0 Å². The van der Waals surface area contributed by atoms with Crippen LogP contribution in [0.1, 0.15) is 35.7 Å². The van der Waals surface area contributed by atoms with Crippen LogP contribution >= 0.6 is 0 Å². The van der Waals surface area contributed by atoms with Crippen LogP contribution in [0.4, 0.5) is 0 Å². The summed E-state index contributed by atoms with van der Waals surface area (Å²) in [5.41, 5.74) is 1.51. The molecular formula is C15H21NO4. The fraction of sp³-hybridized carbons (Fsp3) is 0.467. The van der Waals surface area contributed by atoms with Crippen molar-refractivity contribution < 1.29 is 19.4 Å². The summed E-state index contributed by atoms with van der Waals surface area (Å²) in [5.74, 6) is -0.686. The molecule has 0 aliphatic rings. The van der Waals surface area contributed by atoms with Gasteiger partial charge in [0.25, 0.3) is 5.91 Å². The lowest BCUT2D eigenvalue weighted by atomic mass is 10.1. The number of carbonyl (C=O) groups is 2. The van der Waals surface area contributed by atoms with E-state index in [1.807, 2.05) is 13.0 Å². The number of hydrogen-bond donors (Lipinski definition) is 2. The number of aryl methyl sites for hydroxylation is 1. The Balaban J connectivity index is 2.45. The molecule has 0 radical (unpaired) electrons. The standard InChI is InChI=1S/C15H21NO4/c1-10-6-7-12(9-13(10)20-3)14(17)16-8-4-5-11(2)15(18)19/h6-7,9,11H,4-5,8H2,1-3H3,(H,16,17)(H,18,19). The fourth-order valence-corrected chi connectivity index (χ4v) is 1.80. The lowest BCUT2D eigenvalue weighted by Gasteiger charge is -2.09. The van der Waals surface area contributed by atoms with Crippen molar-refractivity contribution in [3.05, 3.63) is 29.3 Å². The Morgan fingerprint density at radius 3 is 2.70 bits per heavy atom. The highest BCUT2D eigenvalue weighted by Gasteiger charge is 2.11. The third kappa shape index (κ3) is 4.57. The van der Waals surface area contributed by atoms with Crippen LogP contribution in [0.15, 0.2) is 18.2 Å². The van der Waals surface area contributed by atoms with Gasteiger partial charge in [0.15, 0.2) is 0 Å². The number of benzene rings is 1. The number of amides is 1. The van der Waals surface area contributed by atoms with E-state index in [0.717, 1.165) is 5.56 Å². The summed E-state index contributed by atoms with van der Waals surface area (Å²) < 4.78 is 5.17. The monoisotopic (exact) mass is 279 g/mol. The molecule has 0 aliphatic carbocycles. The molecular weight excluding hydrogens is 258 g/mol. The van der Waals surface area contributed by atoms with Crippen molar-refractivity contribution in [2.45, 2.75) is 26.7 Å². The lowest BCUT2D eigenvalue weighted by molar-refractivity contribution is -0.141. The smallest absolute Gasteiger partial charge is 0.306 e. The number of carboxylic acid groups (broad SMARTS) is 1. The molecule has 0 saturated carbocycles. The molecule has 110 valence electrons. The quantitative estimate of drug-likeness (QED) is 0.750. The highest BCUT2D eigenvalue weighted by molar-refractivity contribution is 5.94. The van der Waals surface area contributed by atoms with Gasteiger partial charge in [0.05, 0.1) is 13.0 Å². The minimum absolute atomic E-state index is 0.175. The second-order valence-corrected chi connectivity index (χ2v) is 4.82. The third-order valence-corrected chi connectivity index (χ3v) is 3.19. The van der Waals surface area contributed by atoms with Crippen molar-refractivity contribution in [1.82, 2.24) is 5.32 Å². The summed E-state index contributed by atoms with van der Waals surface area (Å²) in [7, 11) is 1.57. The molecule has 1 unspecified atom stereocenters. The number of rotatable bonds is 7. The number of ether oxygens (including phenoxy) is 1. The topological polar surface area (TPSA) is 75.6 Å². The molecule has 2 N–H and O–H groups in total. The average molecular weight is 279 g/mol. The first kappa shape index (κ1) is 16.0. The van der Waals surface area contributed by atoms with Gasteiger partial charge in [-0.3, -0.25) is 9.59 Å². The van der Waals surface area contributed by atoms with Crippen LogP contribution in [0, 0.1) is 12.8 Å². The van der Waals surface area contributed by atoms with Gasteiger partial charge >= 0.3 is 5.97 Å². The molecule has 0 aromatic heterocycles. The Morgan fingerprint density at radius 2 is 2.10 bits per heavy atom. The summed E-state index contributed by atoms with van der Waals surface area (Å²) in [6.07, 6.45) is 1.19. The van der Waals surface area contributed by atoms with E-state index in [4.69, 9.17) is 9.84 Å². The number of carbonyl (C=O) groups excluding carboxylic acids is 1. The molecule has 5 nitrogen and oxygen atoms in total.